The Morgan fingerprint density at radius 2 is 1.84 bits per heavy atom. The molecule has 0 heterocycles. The molecule has 0 saturated heterocycles. The van der Waals surface area contributed by atoms with Gasteiger partial charge in [-0.3, -0.25) is 4.79 Å². The highest BCUT2D eigenvalue weighted by atomic mass is 16.1. The minimum Gasteiger partial charge on any atom is -0.356 e. The highest BCUT2D eigenvalue weighted by Gasteiger charge is 2.31. The largest absolute Gasteiger partial charge is 0.356 e. The summed E-state index contributed by atoms with van der Waals surface area (Å²) in [4.78, 5) is 12.3. The van der Waals surface area contributed by atoms with Crippen LogP contribution in [-0.4, -0.2) is 18.5 Å². The monoisotopic (exact) mass is 266 g/mol. The number of carbonyl (C=O) groups is 1. The van der Waals surface area contributed by atoms with Crippen molar-refractivity contribution in [1.29, 1.82) is 0 Å². The first-order chi connectivity index (χ1) is 9.08. The van der Waals surface area contributed by atoms with Crippen molar-refractivity contribution in [2.75, 3.05) is 6.54 Å². The zero-order valence-corrected chi connectivity index (χ0v) is 12.5. The second-order valence-corrected chi connectivity index (χ2v) is 6.92. The van der Waals surface area contributed by atoms with Gasteiger partial charge in [0.1, 0.15) is 0 Å². The Labute approximate surface area is 117 Å². The maximum atomic E-state index is 12.3. The molecule has 2 aliphatic carbocycles. The van der Waals surface area contributed by atoms with E-state index in [9.17, 15) is 4.79 Å². The molecule has 5 atom stereocenters. The minimum absolute atomic E-state index is 0.193. The van der Waals surface area contributed by atoms with E-state index in [-0.39, 0.29) is 11.8 Å². The van der Waals surface area contributed by atoms with Gasteiger partial charge >= 0.3 is 0 Å². The van der Waals surface area contributed by atoms with Crippen LogP contribution in [-0.2, 0) is 4.79 Å². The molecule has 2 aliphatic rings. The van der Waals surface area contributed by atoms with Crippen LogP contribution in [0.4, 0.5) is 0 Å². The molecule has 0 bridgehead atoms. The van der Waals surface area contributed by atoms with Gasteiger partial charge in [0.05, 0.1) is 0 Å². The lowest BCUT2D eigenvalue weighted by Gasteiger charge is -2.33. The van der Waals surface area contributed by atoms with Gasteiger partial charge in [0.15, 0.2) is 0 Å². The number of amides is 1. The lowest BCUT2D eigenvalue weighted by Crippen LogP contribution is -2.42. The van der Waals surface area contributed by atoms with Gasteiger partial charge in [-0.15, -0.1) is 0 Å². The predicted molar refractivity (Wildman–Crippen MR) is 78.6 cm³/mol. The molecule has 19 heavy (non-hydrogen) atoms. The third-order valence-corrected chi connectivity index (χ3v) is 5.37. The number of hydrogen-bond acceptors (Lipinski definition) is 2. The van der Waals surface area contributed by atoms with Gasteiger partial charge in [0.25, 0.3) is 0 Å². The van der Waals surface area contributed by atoms with Crippen molar-refractivity contribution in [3.63, 3.8) is 0 Å². The van der Waals surface area contributed by atoms with Gasteiger partial charge in [0, 0.05) is 18.5 Å². The molecule has 2 fully saturated rings. The molecule has 0 aromatic heterocycles. The number of nitrogens with two attached hydrogens (primary N) is 1. The fourth-order valence-corrected chi connectivity index (χ4v) is 3.89. The van der Waals surface area contributed by atoms with E-state index >= 15 is 0 Å². The van der Waals surface area contributed by atoms with Crippen molar-refractivity contribution in [2.24, 2.45) is 29.4 Å². The van der Waals surface area contributed by atoms with Crippen LogP contribution in [0.2, 0.25) is 0 Å². The molecule has 0 aliphatic heterocycles. The molecule has 0 aromatic carbocycles. The Hall–Kier alpha value is -0.570. The average Bonchev–Trinajstić information content (AvgIpc) is 2.37. The van der Waals surface area contributed by atoms with Gasteiger partial charge in [-0.2, -0.15) is 0 Å². The third kappa shape index (κ3) is 3.95. The van der Waals surface area contributed by atoms with Gasteiger partial charge in [-0.1, -0.05) is 33.1 Å². The SMILES string of the molecule is CC1CCCCC1CNC(=O)C1CCC(N)CC1C. The lowest BCUT2D eigenvalue weighted by atomic mass is 9.77. The molecule has 3 N–H and O–H groups in total. The standard InChI is InChI=1S/C16H30N2O/c1-11-5-3-4-6-13(11)10-18-16(19)15-8-7-14(17)9-12(15)2/h11-15H,3-10,17H2,1-2H3,(H,18,19). The molecule has 110 valence electrons. The summed E-state index contributed by atoms with van der Waals surface area (Å²) in [5.74, 6) is 2.37. The van der Waals surface area contributed by atoms with E-state index in [4.69, 9.17) is 5.73 Å². The van der Waals surface area contributed by atoms with Crippen LogP contribution in [0.15, 0.2) is 0 Å². The summed E-state index contributed by atoms with van der Waals surface area (Å²) in [5.41, 5.74) is 5.96. The Kier molecular flexibility index (Phi) is 5.26. The van der Waals surface area contributed by atoms with Crippen molar-refractivity contribution >= 4 is 5.91 Å². The van der Waals surface area contributed by atoms with Crippen LogP contribution in [0.5, 0.6) is 0 Å². The van der Waals surface area contributed by atoms with E-state index in [1.165, 1.54) is 25.7 Å². The number of rotatable bonds is 3. The second-order valence-electron chi connectivity index (χ2n) is 6.92. The van der Waals surface area contributed by atoms with Gasteiger partial charge in [0.2, 0.25) is 5.91 Å². The molecule has 3 nitrogen and oxygen atoms in total. The van der Waals surface area contributed by atoms with E-state index in [1.54, 1.807) is 0 Å². The number of carbonyl (C=O) groups excluding carboxylic acids is 1. The first-order valence-electron chi connectivity index (χ1n) is 8.11. The van der Waals surface area contributed by atoms with Crippen LogP contribution in [0.3, 0.4) is 0 Å². The summed E-state index contributed by atoms with van der Waals surface area (Å²) in [5, 5.41) is 3.22. The Morgan fingerprint density at radius 1 is 1.11 bits per heavy atom. The zero-order valence-electron chi connectivity index (χ0n) is 12.5. The third-order valence-electron chi connectivity index (χ3n) is 5.37. The first-order valence-corrected chi connectivity index (χ1v) is 8.11. The van der Waals surface area contributed by atoms with Gasteiger partial charge < -0.3 is 11.1 Å². The summed E-state index contributed by atoms with van der Waals surface area (Å²) >= 11 is 0. The number of hydrogen-bond donors (Lipinski definition) is 2. The van der Waals surface area contributed by atoms with Crippen LogP contribution in [0.25, 0.3) is 0 Å². The maximum Gasteiger partial charge on any atom is 0.223 e. The lowest BCUT2D eigenvalue weighted by molar-refractivity contribution is -0.127. The van der Waals surface area contributed by atoms with Crippen molar-refractivity contribution in [1.82, 2.24) is 5.32 Å². The predicted octanol–water partition coefficient (Wildman–Crippen LogP) is 2.69. The summed E-state index contributed by atoms with van der Waals surface area (Å²) in [6.07, 6.45) is 8.28. The molecule has 0 aromatic rings. The van der Waals surface area contributed by atoms with E-state index in [1.807, 2.05) is 0 Å². The highest BCUT2D eigenvalue weighted by molar-refractivity contribution is 5.79. The van der Waals surface area contributed by atoms with Crippen LogP contribution >= 0.6 is 0 Å². The topological polar surface area (TPSA) is 55.1 Å². The summed E-state index contributed by atoms with van der Waals surface area (Å²) < 4.78 is 0. The first kappa shape index (κ1) is 14.8. The summed E-state index contributed by atoms with van der Waals surface area (Å²) in [6, 6.07) is 0.303. The molecule has 2 saturated carbocycles. The fourth-order valence-electron chi connectivity index (χ4n) is 3.89. The average molecular weight is 266 g/mol. The Balaban J connectivity index is 1.77. The zero-order chi connectivity index (χ0) is 13.8. The van der Waals surface area contributed by atoms with Crippen LogP contribution < -0.4 is 11.1 Å². The van der Waals surface area contributed by atoms with E-state index in [0.717, 1.165) is 31.7 Å². The van der Waals surface area contributed by atoms with Crippen LogP contribution in [0, 0.1) is 23.7 Å². The van der Waals surface area contributed by atoms with Crippen LogP contribution in [0.1, 0.15) is 58.8 Å². The van der Waals surface area contributed by atoms with Crippen molar-refractivity contribution < 1.29 is 4.79 Å². The normalized spacial score (nSPS) is 39.8. The molecule has 5 unspecified atom stereocenters. The maximum absolute atomic E-state index is 12.3. The fraction of sp³-hybridized carbons (Fsp3) is 0.938. The van der Waals surface area contributed by atoms with E-state index in [2.05, 4.69) is 19.2 Å². The highest BCUT2D eigenvalue weighted by Crippen LogP contribution is 2.31. The molecule has 2 rings (SSSR count). The Morgan fingerprint density at radius 3 is 2.53 bits per heavy atom. The molecule has 0 spiro atoms. The molecule has 1 amide bonds. The molecular weight excluding hydrogens is 236 g/mol. The van der Waals surface area contributed by atoms with Gasteiger partial charge in [-0.25, -0.2) is 0 Å². The smallest absolute Gasteiger partial charge is 0.223 e. The number of nitrogens with one attached hydrogen (secondary N) is 1. The molecule has 3 heteroatoms. The summed E-state index contributed by atoms with van der Waals surface area (Å²) in [7, 11) is 0. The Bertz CT molecular complexity index is 305. The second kappa shape index (κ2) is 6.74. The molecule has 0 radical (unpaired) electrons. The quantitative estimate of drug-likeness (QED) is 0.825. The van der Waals surface area contributed by atoms with Crippen molar-refractivity contribution in [3.05, 3.63) is 0 Å². The van der Waals surface area contributed by atoms with Crippen molar-refractivity contribution in [2.45, 2.75) is 64.8 Å². The minimum atomic E-state index is 0.193. The van der Waals surface area contributed by atoms with E-state index < -0.39 is 0 Å². The van der Waals surface area contributed by atoms with Gasteiger partial charge in [-0.05, 0) is 43.4 Å². The van der Waals surface area contributed by atoms with E-state index in [0.29, 0.717) is 17.9 Å². The van der Waals surface area contributed by atoms with Crippen molar-refractivity contribution in [3.8, 4) is 0 Å². The molecular formula is C16H30N2O. The summed E-state index contributed by atoms with van der Waals surface area (Å²) in [6.45, 7) is 5.39.